The summed E-state index contributed by atoms with van der Waals surface area (Å²) in [5, 5.41) is 0. The van der Waals surface area contributed by atoms with Gasteiger partial charge in [-0.3, -0.25) is 0 Å². The molecule has 5 heteroatoms. The Hall–Kier alpha value is -2.53. The Labute approximate surface area is 148 Å². The van der Waals surface area contributed by atoms with Gasteiger partial charge in [-0.15, -0.1) is 0 Å². The highest BCUT2D eigenvalue weighted by Gasteiger charge is 2.19. The Morgan fingerprint density at radius 3 is 2.44 bits per heavy atom. The zero-order valence-electron chi connectivity index (χ0n) is 15.2. The molecule has 0 bridgehead atoms. The fourth-order valence-electron chi connectivity index (χ4n) is 3.06. The van der Waals surface area contributed by atoms with Crippen molar-refractivity contribution < 1.29 is 9.47 Å². The number of fused-ring (bicyclic) bond motifs is 1. The van der Waals surface area contributed by atoms with Crippen molar-refractivity contribution in [3.8, 4) is 11.5 Å². The molecule has 1 atom stereocenters. The fourth-order valence-corrected chi connectivity index (χ4v) is 3.06. The maximum Gasteiger partial charge on any atom is 0.163 e. The molecule has 0 aliphatic heterocycles. The Morgan fingerprint density at radius 1 is 1.12 bits per heavy atom. The monoisotopic (exact) mass is 339 g/mol. The molecular formula is C20H25N3O2. The number of methoxy groups -OCH3 is 2. The van der Waals surface area contributed by atoms with Gasteiger partial charge in [0, 0.05) is 18.7 Å². The standard InChI is InChI=1S/C20H25N3O2/c1-5-15(21)20-22-16-10-18(24-3)19(25-4)11-17(16)23(20)12-14-9-7-6-8-13(14)2/h6-11,15H,5,12,21H2,1-4H3. The van der Waals surface area contributed by atoms with Gasteiger partial charge in [0.15, 0.2) is 11.5 Å². The zero-order valence-corrected chi connectivity index (χ0v) is 15.2. The molecule has 1 aromatic heterocycles. The van der Waals surface area contributed by atoms with E-state index in [4.69, 9.17) is 20.2 Å². The van der Waals surface area contributed by atoms with Gasteiger partial charge in [-0.05, 0) is 24.5 Å². The van der Waals surface area contributed by atoms with Crippen LogP contribution >= 0.6 is 0 Å². The van der Waals surface area contributed by atoms with E-state index in [0.717, 1.165) is 29.8 Å². The number of rotatable bonds is 6. The zero-order chi connectivity index (χ0) is 18.0. The van der Waals surface area contributed by atoms with Crippen LogP contribution in [0.2, 0.25) is 0 Å². The molecule has 0 spiro atoms. The number of nitrogens with two attached hydrogens (primary N) is 1. The number of ether oxygens (including phenoxy) is 2. The van der Waals surface area contributed by atoms with E-state index in [2.05, 4.69) is 42.7 Å². The Morgan fingerprint density at radius 2 is 1.80 bits per heavy atom. The molecule has 2 N–H and O–H groups in total. The number of aromatic nitrogens is 2. The molecule has 3 rings (SSSR count). The lowest BCUT2D eigenvalue weighted by atomic mass is 10.1. The van der Waals surface area contributed by atoms with Gasteiger partial charge < -0.3 is 19.8 Å². The second-order valence-electron chi connectivity index (χ2n) is 6.19. The second-order valence-corrected chi connectivity index (χ2v) is 6.19. The quantitative estimate of drug-likeness (QED) is 0.741. The molecule has 0 saturated heterocycles. The summed E-state index contributed by atoms with van der Waals surface area (Å²) in [5.41, 5.74) is 10.7. The van der Waals surface area contributed by atoms with Crippen molar-refractivity contribution in [1.29, 1.82) is 0 Å². The predicted molar refractivity (Wildman–Crippen MR) is 100 cm³/mol. The maximum atomic E-state index is 6.35. The third-order valence-corrected chi connectivity index (χ3v) is 4.64. The van der Waals surface area contributed by atoms with E-state index in [0.29, 0.717) is 11.5 Å². The molecule has 0 aliphatic carbocycles. The van der Waals surface area contributed by atoms with Crippen LogP contribution in [0.1, 0.15) is 36.3 Å². The minimum Gasteiger partial charge on any atom is -0.493 e. The smallest absolute Gasteiger partial charge is 0.163 e. The van der Waals surface area contributed by atoms with Crippen molar-refractivity contribution in [3.63, 3.8) is 0 Å². The summed E-state index contributed by atoms with van der Waals surface area (Å²) in [6.07, 6.45) is 0.825. The van der Waals surface area contributed by atoms with E-state index in [1.165, 1.54) is 11.1 Å². The lowest BCUT2D eigenvalue weighted by Crippen LogP contribution is -2.16. The number of benzene rings is 2. The first-order valence-corrected chi connectivity index (χ1v) is 8.51. The van der Waals surface area contributed by atoms with Gasteiger partial charge in [0.05, 0.1) is 31.3 Å². The highest BCUT2D eigenvalue weighted by atomic mass is 16.5. The average molecular weight is 339 g/mol. The molecule has 2 aromatic carbocycles. The first kappa shape index (κ1) is 17.3. The molecular weight excluding hydrogens is 314 g/mol. The highest BCUT2D eigenvalue weighted by molar-refractivity contribution is 5.81. The number of nitrogens with zero attached hydrogens (tertiary/aromatic N) is 2. The average Bonchev–Trinajstić information content (AvgIpc) is 2.99. The molecule has 0 radical (unpaired) electrons. The summed E-state index contributed by atoms with van der Waals surface area (Å²) >= 11 is 0. The minimum absolute atomic E-state index is 0.117. The molecule has 0 aliphatic rings. The SMILES string of the molecule is CCC(N)c1nc2cc(OC)c(OC)cc2n1Cc1ccccc1C. The van der Waals surface area contributed by atoms with Gasteiger partial charge in [-0.1, -0.05) is 31.2 Å². The first-order chi connectivity index (χ1) is 12.1. The van der Waals surface area contributed by atoms with Crippen molar-refractivity contribution in [2.75, 3.05) is 14.2 Å². The van der Waals surface area contributed by atoms with Gasteiger partial charge in [-0.2, -0.15) is 0 Å². The van der Waals surface area contributed by atoms with Crippen molar-refractivity contribution in [2.45, 2.75) is 32.9 Å². The van der Waals surface area contributed by atoms with Crippen molar-refractivity contribution in [2.24, 2.45) is 5.73 Å². The Bertz CT molecular complexity index is 886. The van der Waals surface area contributed by atoms with E-state index in [-0.39, 0.29) is 6.04 Å². The lowest BCUT2D eigenvalue weighted by Gasteiger charge is -2.15. The van der Waals surface area contributed by atoms with E-state index >= 15 is 0 Å². The summed E-state index contributed by atoms with van der Waals surface area (Å²) in [5.74, 6) is 2.25. The minimum atomic E-state index is -0.117. The van der Waals surface area contributed by atoms with Crippen molar-refractivity contribution in [1.82, 2.24) is 9.55 Å². The topological polar surface area (TPSA) is 62.3 Å². The molecule has 3 aromatic rings. The Balaban J connectivity index is 2.20. The molecule has 0 amide bonds. The Kier molecular flexibility index (Phi) is 4.95. The summed E-state index contributed by atoms with van der Waals surface area (Å²) in [6.45, 7) is 4.92. The van der Waals surface area contributed by atoms with E-state index in [9.17, 15) is 0 Å². The van der Waals surface area contributed by atoms with Gasteiger partial charge in [0.2, 0.25) is 0 Å². The third-order valence-electron chi connectivity index (χ3n) is 4.64. The number of imidazole rings is 1. The predicted octanol–water partition coefficient (Wildman–Crippen LogP) is 3.82. The molecule has 132 valence electrons. The number of aryl methyl sites for hydroxylation is 1. The van der Waals surface area contributed by atoms with Crippen LogP contribution in [-0.4, -0.2) is 23.8 Å². The van der Waals surface area contributed by atoms with Gasteiger partial charge in [-0.25, -0.2) is 4.98 Å². The normalized spacial score (nSPS) is 12.4. The van der Waals surface area contributed by atoms with Gasteiger partial charge >= 0.3 is 0 Å². The maximum absolute atomic E-state index is 6.35. The first-order valence-electron chi connectivity index (χ1n) is 8.51. The highest BCUT2D eigenvalue weighted by Crippen LogP contribution is 2.34. The summed E-state index contributed by atoms with van der Waals surface area (Å²) < 4.78 is 13.1. The summed E-state index contributed by atoms with van der Waals surface area (Å²) in [6, 6.07) is 12.1. The van der Waals surface area contributed by atoms with E-state index in [1.54, 1.807) is 14.2 Å². The molecule has 5 nitrogen and oxygen atoms in total. The van der Waals surface area contributed by atoms with Gasteiger partial charge in [0.1, 0.15) is 5.82 Å². The molecule has 1 heterocycles. The van der Waals surface area contributed by atoms with Crippen LogP contribution in [0.25, 0.3) is 11.0 Å². The molecule has 0 fully saturated rings. The molecule has 25 heavy (non-hydrogen) atoms. The molecule has 1 unspecified atom stereocenters. The third kappa shape index (κ3) is 3.20. The van der Waals surface area contributed by atoms with Crippen LogP contribution in [0, 0.1) is 6.92 Å². The number of hydrogen-bond acceptors (Lipinski definition) is 4. The summed E-state index contributed by atoms with van der Waals surface area (Å²) in [7, 11) is 3.27. The molecule has 0 saturated carbocycles. The lowest BCUT2D eigenvalue weighted by molar-refractivity contribution is 0.355. The van der Waals surface area contributed by atoms with E-state index in [1.807, 2.05) is 12.1 Å². The van der Waals surface area contributed by atoms with Gasteiger partial charge in [0.25, 0.3) is 0 Å². The van der Waals surface area contributed by atoms with Crippen LogP contribution in [-0.2, 0) is 6.54 Å². The van der Waals surface area contributed by atoms with Crippen LogP contribution in [0.5, 0.6) is 11.5 Å². The van der Waals surface area contributed by atoms with Crippen LogP contribution in [0.4, 0.5) is 0 Å². The summed E-state index contributed by atoms with van der Waals surface area (Å²) in [4.78, 5) is 4.80. The van der Waals surface area contributed by atoms with Crippen LogP contribution in [0.15, 0.2) is 36.4 Å². The fraction of sp³-hybridized carbons (Fsp3) is 0.350. The van der Waals surface area contributed by atoms with Crippen LogP contribution in [0.3, 0.4) is 0 Å². The second kappa shape index (κ2) is 7.15. The van der Waals surface area contributed by atoms with Crippen molar-refractivity contribution in [3.05, 3.63) is 53.3 Å². The van der Waals surface area contributed by atoms with E-state index < -0.39 is 0 Å². The van der Waals surface area contributed by atoms with Crippen LogP contribution < -0.4 is 15.2 Å². The van der Waals surface area contributed by atoms with Crippen molar-refractivity contribution >= 4 is 11.0 Å². The largest absolute Gasteiger partial charge is 0.493 e. The number of hydrogen-bond donors (Lipinski definition) is 1.